The van der Waals surface area contributed by atoms with Crippen LogP contribution < -0.4 is 5.32 Å². The third-order valence-electron chi connectivity index (χ3n) is 2.16. The van der Waals surface area contributed by atoms with Gasteiger partial charge in [0.25, 0.3) is 0 Å². The smallest absolute Gasteiger partial charge is 0.226 e. The first-order valence-electron chi connectivity index (χ1n) is 5.18. The van der Waals surface area contributed by atoms with Gasteiger partial charge in [-0.05, 0) is 23.8 Å². The lowest BCUT2D eigenvalue weighted by atomic mass is 10.3. The molecule has 1 N–H and O–H groups in total. The number of amides is 1. The van der Waals surface area contributed by atoms with Crippen LogP contribution in [-0.2, 0) is 11.3 Å². The summed E-state index contributed by atoms with van der Waals surface area (Å²) < 4.78 is 1.68. The Labute approximate surface area is 102 Å². The Bertz CT molecular complexity index is 479. The van der Waals surface area contributed by atoms with Crippen molar-refractivity contribution >= 4 is 22.4 Å². The maximum Gasteiger partial charge on any atom is 0.226 e. The fraction of sp³-hybridized carbons (Fsp3) is 0.444. The summed E-state index contributed by atoms with van der Waals surface area (Å²) in [5.41, 5.74) is 0. The summed E-state index contributed by atoms with van der Waals surface area (Å²) >= 11 is 1.40. The summed E-state index contributed by atoms with van der Waals surface area (Å²) in [5, 5.41) is 16.3. The molecule has 0 radical (unpaired) electrons. The first kappa shape index (κ1) is 11.6. The molecular weight excluding hydrogens is 240 g/mol. The molecule has 7 nitrogen and oxygen atoms in total. The number of hydrogen-bond donors (Lipinski definition) is 1. The van der Waals surface area contributed by atoms with E-state index in [0.717, 1.165) is 5.82 Å². The molecule has 2 aromatic rings. The van der Waals surface area contributed by atoms with Crippen LogP contribution in [0.3, 0.4) is 0 Å². The lowest BCUT2D eigenvalue weighted by Gasteiger charge is -2.02. The Hall–Kier alpha value is -1.83. The van der Waals surface area contributed by atoms with Crippen molar-refractivity contribution in [2.75, 3.05) is 5.32 Å². The highest BCUT2D eigenvalue weighted by Crippen LogP contribution is 2.10. The van der Waals surface area contributed by atoms with E-state index in [1.165, 1.54) is 11.3 Å². The number of thiazole rings is 1. The fourth-order valence-electron chi connectivity index (χ4n) is 1.31. The van der Waals surface area contributed by atoms with E-state index < -0.39 is 0 Å². The topological polar surface area (TPSA) is 85.6 Å². The number of anilines is 1. The van der Waals surface area contributed by atoms with E-state index in [9.17, 15) is 4.79 Å². The maximum atomic E-state index is 11.5. The van der Waals surface area contributed by atoms with Crippen LogP contribution in [-0.4, -0.2) is 31.1 Å². The summed E-state index contributed by atoms with van der Waals surface area (Å²) in [7, 11) is 0. The molecule has 2 rings (SSSR count). The van der Waals surface area contributed by atoms with E-state index in [0.29, 0.717) is 24.5 Å². The second-order valence-electron chi connectivity index (χ2n) is 3.44. The summed E-state index contributed by atoms with van der Waals surface area (Å²) in [6.07, 6.45) is 2.78. The summed E-state index contributed by atoms with van der Waals surface area (Å²) in [6.45, 7) is 2.47. The van der Waals surface area contributed by atoms with Gasteiger partial charge in [-0.1, -0.05) is 0 Å². The zero-order valence-electron chi connectivity index (χ0n) is 9.33. The van der Waals surface area contributed by atoms with Crippen molar-refractivity contribution in [2.45, 2.75) is 26.3 Å². The van der Waals surface area contributed by atoms with Gasteiger partial charge in [0, 0.05) is 24.5 Å². The van der Waals surface area contributed by atoms with Crippen LogP contribution in [0.15, 0.2) is 11.6 Å². The normalized spacial score (nSPS) is 10.4. The zero-order valence-corrected chi connectivity index (χ0v) is 10.1. The highest BCUT2D eigenvalue weighted by Gasteiger charge is 2.05. The molecule has 0 atom stereocenters. The molecule has 0 aliphatic carbocycles. The number of carbonyl (C=O) groups excluding carboxylic acids is 1. The summed E-state index contributed by atoms with van der Waals surface area (Å²) in [4.78, 5) is 15.5. The maximum absolute atomic E-state index is 11.5. The second kappa shape index (κ2) is 5.48. The van der Waals surface area contributed by atoms with Crippen molar-refractivity contribution in [1.82, 2.24) is 25.2 Å². The van der Waals surface area contributed by atoms with Crippen molar-refractivity contribution < 1.29 is 4.79 Å². The monoisotopic (exact) mass is 252 g/mol. The van der Waals surface area contributed by atoms with Gasteiger partial charge in [-0.15, -0.1) is 16.4 Å². The lowest BCUT2D eigenvalue weighted by molar-refractivity contribution is -0.116. The molecular formula is C9H12N6OS. The van der Waals surface area contributed by atoms with E-state index in [2.05, 4.69) is 25.8 Å². The average Bonchev–Trinajstić information content (AvgIpc) is 2.91. The molecule has 0 saturated heterocycles. The van der Waals surface area contributed by atoms with Gasteiger partial charge in [-0.25, -0.2) is 9.67 Å². The molecule has 0 saturated carbocycles. The van der Waals surface area contributed by atoms with Gasteiger partial charge in [-0.3, -0.25) is 4.79 Å². The second-order valence-corrected chi connectivity index (χ2v) is 4.33. The Balaban J connectivity index is 1.72. The van der Waals surface area contributed by atoms with Crippen LogP contribution in [0.5, 0.6) is 0 Å². The summed E-state index contributed by atoms with van der Waals surface area (Å²) in [5.74, 6) is 0.719. The minimum atomic E-state index is -0.0364. The Morgan fingerprint density at radius 1 is 1.59 bits per heavy atom. The molecule has 17 heavy (non-hydrogen) atoms. The first-order chi connectivity index (χ1) is 8.25. The standard InChI is InChI=1S/C9H12N6OS/c1-7-12-13-14-15(7)5-2-3-8(16)11-9-10-4-6-17-9/h4,6H,2-3,5H2,1H3,(H,10,11,16). The first-order valence-corrected chi connectivity index (χ1v) is 6.06. The zero-order chi connectivity index (χ0) is 12.1. The van der Waals surface area contributed by atoms with E-state index in [1.54, 1.807) is 10.9 Å². The van der Waals surface area contributed by atoms with Crippen LogP contribution in [0.1, 0.15) is 18.7 Å². The minimum absolute atomic E-state index is 0.0364. The van der Waals surface area contributed by atoms with Crippen LogP contribution in [0.25, 0.3) is 0 Å². The number of nitrogens with zero attached hydrogens (tertiary/aromatic N) is 5. The number of tetrazole rings is 1. The van der Waals surface area contributed by atoms with Gasteiger partial charge in [-0.2, -0.15) is 0 Å². The van der Waals surface area contributed by atoms with Crippen LogP contribution in [0, 0.1) is 6.92 Å². The number of rotatable bonds is 5. The third kappa shape index (κ3) is 3.31. The van der Waals surface area contributed by atoms with Crippen LogP contribution in [0.4, 0.5) is 5.13 Å². The molecule has 8 heteroatoms. The van der Waals surface area contributed by atoms with Crippen molar-refractivity contribution in [3.05, 3.63) is 17.4 Å². The number of aromatic nitrogens is 5. The van der Waals surface area contributed by atoms with Gasteiger partial charge < -0.3 is 5.32 Å². The lowest BCUT2D eigenvalue weighted by Crippen LogP contribution is -2.13. The summed E-state index contributed by atoms with van der Waals surface area (Å²) in [6, 6.07) is 0. The number of carbonyl (C=O) groups is 1. The van der Waals surface area contributed by atoms with Gasteiger partial charge in [0.15, 0.2) is 5.13 Å². The minimum Gasteiger partial charge on any atom is -0.302 e. The molecule has 1 amide bonds. The van der Waals surface area contributed by atoms with E-state index in [-0.39, 0.29) is 5.91 Å². The van der Waals surface area contributed by atoms with Crippen LogP contribution in [0.2, 0.25) is 0 Å². The van der Waals surface area contributed by atoms with Gasteiger partial charge in [0.2, 0.25) is 5.91 Å². The quantitative estimate of drug-likeness (QED) is 0.852. The molecule has 0 aliphatic heterocycles. The third-order valence-corrected chi connectivity index (χ3v) is 2.85. The van der Waals surface area contributed by atoms with Crippen molar-refractivity contribution in [3.8, 4) is 0 Å². The highest BCUT2D eigenvalue weighted by atomic mass is 32.1. The SMILES string of the molecule is Cc1nnnn1CCCC(=O)Nc1nccs1. The molecule has 0 bridgehead atoms. The molecule has 90 valence electrons. The number of aryl methyl sites for hydroxylation is 2. The predicted molar refractivity (Wildman–Crippen MR) is 62.5 cm³/mol. The van der Waals surface area contributed by atoms with Gasteiger partial charge >= 0.3 is 0 Å². The van der Waals surface area contributed by atoms with Crippen molar-refractivity contribution in [3.63, 3.8) is 0 Å². The van der Waals surface area contributed by atoms with Gasteiger partial charge in [0.1, 0.15) is 5.82 Å². The molecule has 0 spiro atoms. The van der Waals surface area contributed by atoms with E-state index >= 15 is 0 Å². The Kier molecular flexibility index (Phi) is 3.76. The molecule has 0 unspecified atom stereocenters. The fourth-order valence-corrected chi connectivity index (χ4v) is 1.86. The van der Waals surface area contributed by atoms with Gasteiger partial charge in [0.05, 0.1) is 0 Å². The Morgan fingerprint density at radius 2 is 2.47 bits per heavy atom. The molecule has 2 aromatic heterocycles. The number of nitrogens with one attached hydrogen (secondary N) is 1. The molecule has 2 heterocycles. The Morgan fingerprint density at radius 3 is 3.12 bits per heavy atom. The van der Waals surface area contributed by atoms with Crippen molar-refractivity contribution in [2.24, 2.45) is 0 Å². The molecule has 0 aromatic carbocycles. The van der Waals surface area contributed by atoms with E-state index in [1.807, 2.05) is 12.3 Å². The molecule has 0 aliphatic rings. The largest absolute Gasteiger partial charge is 0.302 e. The van der Waals surface area contributed by atoms with Crippen LogP contribution >= 0.6 is 11.3 Å². The number of hydrogen-bond acceptors (Lipinski definition) is 6. The highest BCUT2D eigenvalue weighted by molar-refractivity contribution is 7.13. The predicted octanol–water partition coefficient (Wildman–Crippen LogP) is 0.857. The average molecular weight is 252 g/mol. The molecule has 0 fully saturated rings. The van der Waals surface area contributed by atoms with E-state index in [4.69, 9.17) is 0 Å². The van der Waals surface area contributed by atoms with Crippen molar-refractivity contribution in [1.29, 1.82) is 0 Å².